The second kappa shape index (κ2) is 2.88. The molecule has 11 heavy (non-hydrogen) atoms. The fourth-order valence-corrected chi connectivity index (χ4v) is 1.21. The van der Waals surface area contributed by atoms with E-state index in [1.165, 1.54) is 0 Å². The van der Waals surface area contributed by atoms with Crippen LogP contribution < -0.4 is 5.73 Å². The molecule has 0 amide bonds. The van der Waals surface area contributed by atoms with Gasteiger partial charge in [0.15, 0.2) is 5.15 Å². The summed E-state index contributed by atoms with van der Waals surface area (Å²) in [5, 5.41) is 0.913. The molecule has 0 aliphatic heterocycles. The number of aryl methyl sites for hydroxylation is 1. The fourth-order valence-electron chi connectivity index (χ4n) is 0.801. The highest BCUT2D eigenvalue weighted by molar-refractivity contribution is 6.35. The van der Waals surface area contributed by atoms with E-state index in [1.54, 1.807) is 6.92 Å². The van der Waals surface area contributed by atoms with Gasteiger partial charge in [-0.15, -0.1) is 0 Å². The van der Waals surface area contributed by atoms with Crippen LogP contribution in [0.25, 0.3) is 0 Å². The first-order chi connectivity index (χ1) is 5.04. The highest BCUT2D eigenvalue weighted by atomic mass is 35.5. The van der Waals surface area contributed by atoms with E-state index in [2.05, 4.69) is 4.98 Å². The predicted octanol–water partition coefficient (Wildman–Crippen LogP) is 2.59. The summed E-state index contributed by atoms with van der Waals surface area (Å²) in [5.41, 5.74) is 7.54. The lowest BCUT2D eigenvalue weighted by atomic mass is 10.2. The van der Waals surface area contributed by atoms with Crippen LogP contribution in [0.2, 0.25) is 10.2 Å². The molecule has 0 bridgehead atoms. The average molecular weight is 191 g/mol. The van der Waals surface area contributed by atoms with Gasteiger partial charge in [0, 0.05) is 0 Å². The maximum Gasteiger partial charge on any atom is 0.152 e. The van der Waals surface area contributed by atoms with E-state index in [-0.39, 0.29) is 0 Å². The first-order valence-corrected chi connectivity index (χ1v) is 3.87. The molecule has 0 spiro atoms. The summed E-state index contributed by atoms with van der Waals surface area (Å²) in [6.07, 6.45) is 0. The van der Waals surface area contributed by atoms with Crippen molar-refractivity contribution in [3.63, 3.8) is 0 Å². The van der Waals surface area contributed by atoms with E-state index in [1.807, 2.05) is 6.92 Å². The minimum atomic E-state index is 0.324. The zero-order chi connectivity index (χ0) is 8.59. The van der Waals surface area contributed by atoms with Gasteiger partial charge in [0.05, 0.1) is 16.4 Å². The molecule has 1 aromatic heterocycles. The molecule has 0 aliphatic rings. The summed E-state index contributed by atoms with van der Waals surface area (Å²) >= 11 is 11.6. The zero-order valence-electron chi connectivity index (χ0n) is 6.28. The summed E-state index contributed by atoms with van der Waals surface area (Å²) < 4.78 is 0. The Morgan fingerprint density at radius 3 is 2.36 bits per heavy atom. The van der Waals surface area contributed by atoms with Crippen molar-refractivity contribution < 1.29 is 0 Å². The number of anilines is 1. The van der Waals surface area contributed by atoms with Crippen LogP contribution in [-0.2, 0) is 0 Å². The van der Waals surface area contributed by atoms with Crippen LogP contribution in [0.5, 0.6) is 0 Å². The van der Waals surface area contributed by atoms with E-state index in [0.29, 0.717) is 21.6 Å². The molecule has 0 saturated heterocycles. The van der Waals surface area contributed by atoms with Gasteiger partial charge in [-0.3, -0.25) is 0 Å². The molecule has 60 valence electrons. The van der Waals surface area contributed by atoms with Crippen LogP contribution in [0.15, 0.2) is 0 Å². The summed E-state index contributed by atoms with van der Waals surface area (Å²) in [5.74, 6) is 0. The Bertz CT molecular complexity index is 271. The summed E-state index contributed by atoms with van der Waals surface area (Å²) in [6.45, 7) is 3.61. The predicted molar refractivity (Wildman–Crippen MR) is 48.1 cm³/mol. The third-order valence-electron chi connectivity index (χ3n) is 1.54. The highest BCUT2D eigenvalue weighted by Crippen LogP contribution is 2.28. The Labute approximate surface area is 75.3 Å². The Hall–Kier alpha value is -0.470. The van der Waals surface area contributed by atoms with Crippen molar-refractivity contribution >= 4 is 28.9 Å². The molecule has 1 rings (SSSR count). The number of halogens is 2. The fraction of sp³-hybridized carbons (Fsp3) is 0.286. The molecule has 0 saturated carbocycles. The molecule has 1 heterocycles. The van der Waals surface area contributed by atoms with Gasteiger partial charge in [-0.05, 0) is 19.4 Å². The van der Waals surface area contributed by atoms with E-state index in [0.717, 1.165) is 5.56 Å². The normalized spacial score (nSPS) is 10.2. The van der Waals surface area contributed by atoms with Crippen molar-refractivity contribution in [1.29, 1.82) is 0 Å². The van der Waals surface area contributed by atoms with Crippen molar-refractivity contribution in [3.05, 3.63) is 21.4 Å². The van der Waals surface area contributed by atoms with E-state index in [4.69, 9.17) is 28.9 Å². The number of nitrogen functional groups attached to an aromatic ring is 1. The summed E-state index contributed by atoms with van der Waals surface area (Å²) in [4.78, 5) is 3.94. The molecule has 4 heteroatoms. The van der Waals surface area contributed by atoms with Crippen LogP contribution in [0.4, 0.5) is 5.69 Å². The Balaban J connectivity index is 3.46. The molecule has 2 nitrogen and oxygen atoms in total. The minimum Gasteiger partial charge on any atom is -0.396 e. The molecule has 0 fully saturated rings. The van der Waals surface area contributed by atoms with Gasteiger partial charge in [-0.1, -0.05) is 23.2 Å². The lowest BCUT2D eigenvalue weighted by Gasteiger charge is -2.06. The van der Waals surface area contributed by atoms with E-state index < -0.39 is 0 Å². The van der Waals surface area contributed by atoms with Crippen LogP contribution in [0, 0.1) is 13.8 Å². The van der Waals surface area contributed by atoms with Crippen molar-refractivity contribution in [2.45, 2.75) is 13.8 Å². The monoisotopic (exact) mass is 190 g/mol. The molecular formula is C7H8Cl2N2. The van der Waals surface area contributed by atoms with Gasteiger partial charge < -0.3 is 5.73 Å². The lowest BCUT2D eigenvalue weighted by molar-refractivity contribution is 1.18. The average Bonchev–Trinajstić information content (AvgIpc) is 1.97. The molecule has 0 aliphatic carbocycles. The van der Waals surface area contributed by atoms with Crippen molar-refractivity contribution in [2.75, 3.05) is 5.73 Å². The standard InChI is InChI=1S/C7H8Cl2N2/c1-3-5(8)4(2)11-7(9)6(3)10/h10H2,1-2H3. The molecule has 2 N–H and O–H groups in total. The second-order valence-corrected chi connectivity index (χ2v) is 3.08. The Morgan fingerprint density at radius 2 is 1.82 bits per heavy atom. The number of hydrogen-bond donors (Lipinski definition) is 1. The van der Waals surface area contributed by atoms with Crippen molar-refractivity contribution in [1.82, 2.24) is 4.98 Å². The van der Waals surface area contributed by atoms with Crippen LogP contribution in [0.3, 0.4) is 0 Å². The van der Waals surface area contributed by atoms with Crippen LogP contribution in [0.1, 0.15) is 11.3 Å². The smallest absolute Gasteiger partial charge is 0.152 e. The zero-order valence-corrected chi connectivity index (χ0v) is 7.79. The van der Waals surface area contributed by atoms with Gasteiger partial charge >= 0.3 is 0 Å². The second-order valence-electron chi connectivity index (χ2n) is 2.34. The topological polar surface area (TPSA) is 38.9 Å². The van der Waals surface area contributed by atoms with Crippen LogP contribution in [-0.4, -0.2) is 4.98 Å². The maximum atomic E-state index is 5.85. The lowest BCUT2D eigenvalue weighted by Crippen LogP contribution is -1.96. The SMILES string of the molecule is Cc1nc(Cl)c(N)c(C)c1Cl. The molecule has 0 aromatic carbocycles. The Morgan fingerprint density at radius 1 is 1.27 bits per heavy atom. The largest absolute Gasteiger partial charge is 0.396 e. The van der Waals surface area contributed by atoms with Gasteiger partial charge in [0.2, 0.25) is 0 Å². The van der Waals surface area contributed by atoms with E-state index >= 15 is 0 Å². The minimum absolute atomic E-state index is 0.324. The Kier molecular flexibility index (Phi) is 2.25. The molecule has 1 aromatic rings. The van der Waals surface area contributed by atoms with E-state index in [9.17, 15) is 0 Å². The number of rotatable bonds is 0. The quantitative estimate of drug-likeness (QED) is 0.640. The summed E-state index contributed by atoms with van der Waals surface area (Å²) in [6, 6.07) is 0. The molecule has 0 unspecified atom stereocenters. The highest BCUT2D eigenvalue weighted by Gasteiger charge is 2.08. The van der Waals surface area contributed by atoms with Gasteiger partial charge in [-0.2, -0.15) is 0 Å². The van der Waals surface area contributed by atoms with Gasteiger partial charge in [-0.25, -0.2) is 4.98 Å². The number of hydrogen-bond acceptors (Lipinski definition) is 2. The molecular weight excluding hydrogens is 183 g/mol. The first kappa shape index (κ1) is 8.62. The third kappa shape index (κ3) is 1.42. The number of nitrogens with two attached hydrogens (primary N) is 1. The first-order valence-electron chi connectivity index (χ1n) is 3.11. The third-order valence-corrected chi connectivity index (χ3v) is 2.38. The number of nitrogens with zero attached hydrogens (tertiary/aromatic N) is 1. The van der Waals surface area contributed by atoms with Crippen LogP contribution >= 0.6 is 23.2 Å². The molecule has 0 radical (unpaired) electrons. The van der Waals surface area contributed by atoms with Crippen molar-refractivity contribution in [3.8, 4) is 0 Å². The summed E-state index contributed by atoms with van der Waals surface area (Å²) in [7, 11) is 0. The number of pyridine rings is 1. The van der Waals surface area contributed by atoms with Gasteiger partial charge in [0.1, 0.15) is 0 Å². The van der Waals surface area contributed by atoms with Crippen molar-refractivity contribution in [2.24, 2.45) is 0 Å². The number of aromatic nitrogens is 1. The maximum absolute atomic E-state index is 5.85. The molecule has 0 atom stereocenters. The van der Waals surface area contributed by atoms with Gasteiger partial charge in [0.25, 0.3) is 0 Å².